The maximum atomic E-state index is 11.0. The molecule has 1 aromatic rings. The van der Waals surface area contributed by atoms with E-state index in [0.717, 1.165) is 19.5 Å². The highest BCUT2D eigenvalue weighted by molar-refractivity contribution is 6.33. The molecule has 1 fully saturated rings. The Morgan fingerprint density at radius 3 is 2.89 bits per heavy atom. The summed E-state index contributed by atoms with van der Waals surface area (Å²) in [6.07, 6.45) is 2.50. The Morgan fingerprint density at radius 1 is 1.67 bits per heavy atom. The molecule has 18 heavy (non-hydrogen) atoms. The van der Waals surface area contributed by atoms with E-state index in [1.54, 1.807) is 6.07 Å². The second-order valence-corrected chi connectivity index (χ2v) is 5.15. The van der Waals surface area contributed by atoms with Gasteiger partial charge < -0.3 is 16.4 Å². The second kappa shape index (κ2) is 5.12. The van der Waals surface area contributed by atoms with Crippen LogP contribution in [0.3, 0.4) is 0 Å². The number of carbonyl (C=O) groups excluding carboxylic acids is 1. The molecule has 1 aliphatic rings. The van der Waals surface area contributed by atoms with Gasteiger partial charge in [-0.1, -0.05) is 11.6 Å². The van der Waals surface area contributed by atoms with Gasteiger partial charge in [-0.05, 0) is 25.3 Å². The lowest BCUT2D eigenvalue weighted by Crippen LogP contribution is -2.30. The molecule has 2 unspecified atom stereocenters. The highest BCUT2D eigenvalue weighted by Crippen LogP contribution is 2.29. The van der Waals surface area contributed by atoms with E-state index in [1.807, 2.05) is 6.92 Å². The van der Waals surface area contributed by atoms with Gasteiger partial charge in [-0.3, -0.25) is 4.79 Å². The molecule has 1 amide bonds. The highest BCUT2D eigenvalue weighted by atomic mass is 35.5. The van der Waals surface area contributed by atoms with E-state index < -0.39 is 5.91 Å². The van der Waals surface area contributed by atoms with Crippen LogP contribution in [0.25, 0.3) is 0 Å². The first-order valence-electron chi connectivity index (χ1n) is 5.95. The Kier molecular flexibility index (Phi) is 3.73. The number of nitrogens with zero attached hydrogens (tertiary/aromatic N) is 2. The van der Waals surface area contributed by atoms with E-state index in [9.17, 15) is 4.79 Å². The SMILES string of the molecule is CC(N)C1CCN(c2ncc(C(N)=O)cc2Cl)C1. The molecule has 2 heterocycles. The van der Waals surface area contributed by atoms with E-state index in [0.29, 0.717) is 22.3 Å². The first-order valence-corrected chi connectivity index (χ1v) is 6.32. The van der Waals surface area contributed by atoms with Gasteiger partial charge in [0.1, 0.15) is 5.82 Å². The highest BCUT2D eigenvalue weighted by Gasteiger charge is 2.27. The molecule has 1 aromatic heterocycles. The Bertz CT molecular complexity index is 463. The van der Waals surface area contributed by atoms with Crippen molar-refractivity contribution in [3.63, 3.8) is 0 Å². The predicted molar refractivity (Wildman–Crippen MR) is 71.7 cm³/mol. The number of aromatic nitrogens is 1. The Labute approximate surface area is 111 Å². The third-order valence-corrected chi connectivity index (χ3v) is 3.65. The van der Waals surface area contributed by atoms with Crippen LogP contribution in [0.15, 0.2) is 12.3 Å². The minimum Gasteiger partial charge on any atom is -0.366 e. The Hall–Kier alpha value is -1.33. The number of primary amides is 1. The number of halogens is 1. The van der Waals surface area contributed by atoms with Crippen LogP contribution in [0.2, 0.25) is 5.02 Å². The largest absolute Gasteiger partial charge is 0.366 e. The molecule has 0 spiro atoms. The zero-order valence-electron chi connectivity index (χ0n) is 10.3. The zero-order chi connectivity index (χ0) is 13.3. The average Bonchev–Trinajstić information content (AvgIpc) is 2.78. The molecule has 1 saturated heterocycles. The molecular weight excluding hydrogens is 252 g/mol. The molecule has 6 heteroatoms. The van der Waals surface area contributed by atoms with Crippen LogP contribution in [-0.2, 0) is 0 Å². The van der Waals surface area contributed by atoms with Crippen molar-refractivity contribution in [3.8, 4) is 0 Å². The molecule has 0 radical (unpaired) electrons. The fraction of sp³-hybridized carbons (Fsp3) is 0.500. The van der Waals surface area contributed by atoms with Gasteiger partial charge in [-0.2, -0.15) is 0 Å². The quantitative estimate of drug-likeness (QED) is 0.857. The number of carbonyl (C=O) groups is 1. The van der Waals surface area contributed by atoms with Crippen LogP contribution in [0.5, 0.6) is 0 Å². The molecule has 4 N–H and O–H groups in total. The van der Waals surface area contributed by atoms with Gasteiger partial charge in [-0.25, -0.2) is 4.98 Å². The monoisotopic (exact) mass is 268 g/mol. The number of nitrogens with two attached hydrogens (primary N) is 2. The van der Waals surface area contributed by atoms with Gasteiger partial charge >= 0.3 is 0 Å². The minimum atomic E-state index is -0.522. The van der Waals surface area contributed by atoms with Gasteiger partial charge in [-0.15, -0.1) is 0 Å². The van der Waals surface area contributed by atoms with Crippen molar-refractivity contribution in [1.29, 1.82) is 0 Å². The van der Waals surface area contributed by atoms with Crippen molar-refractivity contribution in [1.82, 2.24) is 4.98 Å². The Balaban J connectivity index is 2.18. The summed E-state index contributed by atoms with van der Waals surface area (Å²) in [4.78, 5) is 17.3. The second-order valence-electron chi connectivity index (χ2n) is 4.75. The number of pyridine rings is 1. The van der Waals surface area contributed by atoms with E-state index in [-0.39, 0.29) is 6.04 Å². The first kappa shape index (κ1) is 13.1. The number of rotatable bonds is 3. The topological polar surface area (TPSA) is 85.2 Å². The zero-order valence-corrected chi connectivity index (χ0v) is 11.0. The van der Waals surface area contributed by atoms with Crippen LogP contribution in [0.4, 0.5) is 5.82 Å². The fourth-order valence-corrected chi connectivity index (χ4v) is 2.49. The standard InChI is InChI=1S/C12H17ClN4O/c1-7(14)8-2-3-17(6-8)12-10(13)4-9(5-16-12)11(15)18/h4-5,7-8H,2-3,6,14H2,1H3,(H2,15,18). The molecule has 5 nitrogen and oxygen atoms in total. The average molecular weight is 269 g/mol. The van der Waals surface area contributed by atoms with E-state index >= 15 is 0 Å². The van der Waals surface area contributed by atoms with Gasteiger partial charge in [0.05, 0.1) is 10.6 Å². The lowest BCUT2D eigenvalue weighted by molar-refractivity contribution is 0.1000. The summed E-state index contributed by atoms with van der Waals surface area (Å²) in [6, 6.07) is 1.73. The summed E-state index contributed by atoms with van der Waals surface area (Å²) in [6.45, 7) is 3.74. The minimum absolute atomic E-state index is 0.165. The molecule has 2 atom stereocenters. The van der Waals surface area contributed by atoms with Crippen molar-refractivity contribution < 1.29 is 4.79 Å². The number of hydrogen-bond donors (Lipinski definition) is 2. The van der Waals surface area contributed by atoms with E-state index in [2.05, 4.69) is 9.88 Å². The molecule has 0 bridgehead atoms. The third-order valence-electron chi connectivity index (χ3n) is 3.37. The summed E-state index contributed by atoms with van der Waals surface area (Å²) < 4.78 is 0. The third kappa shape index (κ3) is 2.57. The maximum absolute atomic E-state index is 11.0. The molecule has 98 valence electrons. The number of hydrogen-bond acceptors (Lipinski definition) is 4. The molecule has 0 aromatic carbocycles. The lowest BCUT2D eigenvalue weighted by Gasteiger charge is -2.20. The normalized spacial score (nSPS) is 21.1. The predicted octanol–water partition coefficient (Wildman–Crippen LogP) is 1.01. The lowest BCUT2D eigenvalue weighted by atomic mass is 10.0. The summed E-state index contributed by atoms with van der Waals surface area (Å²) in [7, 11) is 0. The van der Waals surface area contributed by atoms with Crippen LogP contribution >= 0.6 is 11.6 Å². The Morgan fingerprint density at radius 2 is 2.39 bits per heavy atom. The van der Waals surface area contributed by atoms with E-state index in [1.165, 1.54) is 6.20 Å². The summed E-state index contributed by atoms with van der Waals surface area (Å²) in [5, 5.41) is 0.455. The van der Waals surface area contributed by atoms with Crippen molar-refractivity contribution in [3.05, 3.63) is 22.8 Å². The molecule has 0 aliphatic carbocycles. The van der Waals surface area contributed by atoms with Crippen LogP contribution in [0.1, 0.15) is 23.7 Å². The van der Waals surface area contributed by atoms with Crippen molar-refractivity contribution >= 4 is 23.3 Å². The van der Waals surface area contributed by atoms with Crippen molar-refractivity contribution in [2.75, 3.05) is 18.0 Å². The molecule has 0 saturated carbocycles. The molecule has 2 rings (SSSR count). The van der Waals surface area contributed by atoms with Gasteiger partial charge in [0.2, 0.25) is 5.91 Å². The fourth-order valence-electron chi connectivity index (χ4n) is 2.21. The van der Waals surface area contributed by atoms with Crippen LogP contribution < -0.4 is 16.4 Å². The van der Waals surface area contributed by atoms with E-state index in [4.69, 9.17) is 23.1 Å². The number of anilines is 1. The van der Waals surface area contributed by atoms with Crippen LogP contribution in [-0.4, -0.2) is 30.0 Å². The maximum Gasteiger partial charge on any atom is 0.250 e. The van der Waals surface area contributed by atoms with Gasteiger partial charge in [0, 0.05) is 25.3 Å². The molecular formula is C12H17ClN4O. The van der Waals surface area contributed by atoms with Gasteiger partial charge in [0.25, 0.3) is 0 Å². The summed E-state index contributed by atoms with van der Waals surface area (Å²) in [5.74, 6) is 0.634. The summed E-state index contributed by atoms with van der Waals surface area (Å²) >= 11 is 6.14. The van der Waals surface area contributed by atoms with Crippen molar-refractivity contribution in [2.24, 2.45) is 17.4 Å². The van der Waals surface area contributed by atoms with Crippen LogP contribution in [0, 0.1) is 5.92 Å². The van der Waals surface area contributed by atoms with Crippen molar-refractivity contribution in [2.45, 2.75) is 19.4 Å². The number of amides is 1. The molecule has 1 aliphatic heterocycles. The summed E-state index contributed by atoms with van der Waals surface area (Å²) in [5.41, 5.74) is 11.4. The smallest absolute Gasteiger partial charge is 0.250 e. The first-order chi connectivity index (χ1) is 8.49. The van der Waals surface area contributed by atoms with Gasteiger partial charge in [0.15, 0.2) is 0 Å².